The van der Waals surface area contributed by atoms with Crippen LogP contribution in [0, 0.1) is 11.8 Å². The summed E-state index contributed by atoms with van der Waals surface area (Å²) in [5, 5.41) is 5.01. The zero-order chi connectivity index (χ0) is 13.1. The summed E-state index contributed by atoms with van der Waals surface area (Å²) >= 11 is 1.98. The number of hydrogen-bond donors (Lipinski definition) is 1. The second kappa shape index (κ2) is 6.51. The molecule has 3 heteroatoms. The van der Waals surface area contributed by atoms with Gasteiger partial charge in [-0.05, 0) is 50.4 Å². The Labute approximate surface area is 122 Å². The number of fused-ring (bicyclic) bond motifs is 1. The second-order valence-corrected chi connectivity index (χ2v) is 7.66. The molecule has 2 saturated carbocycles. The molecule has 108 valence electrons. The summed E-state index contributed by atoms with van der Waals surface area (Å²) in [4.78, 5) is 4.96. The highest BCUT2D eigenvalue weighted by molar-refractivity contribution is 8.13. The van der Waals surface area contributed by atoms with Crippen LogP contribution in [0.25, 0.3) is 0 Å². The SMILES string of the molecule is CCCC1CCC(NC2=NC3CCCC3CS2)CC1. The van der Waals surface area contributed by atoms with E-state index in [9.17, 15) is 0 Å². The molecule has 0 radical (unpaired) electrons. The molecule has 1 aliphatic heterocycles. The molecule has 2 unspecified atom stereocenters. The lowest BCUT2D eigenvalue weighted by atomic mass is 9.83. The van der Waals surface area contributed by atoms with E-state index in [1.807, 2.05) is 11.8 Å². The number of nitrogens with one attached hydrogen (secondary N) is 1. The average Bonchev–Trinajstić information content (AvgIpc) is 2.89. The quantitative estimate of drug-likeness (QED) is 0.837. The first-order chi connectivity index (χ1) is 9.35. The molecule has 3 rings (SSSR count). The molecule has 2 aliphatic carbocycles. The minimum Gasteiger partial charge on any atom is -0.362 e. The highest BCUT2D eigenvalue weighted by atomic mass is 32.2. The zero-order valence-corrected chi connectivity index (χ0v) is 13.1. The van der Waals surface area contributed by atoms with Crippen LogP contribution >= 0.6 is 11.8 Å². The first-order valence-corrected chi connectivity index (χ1v) is 9.31. The monoisotopic (exact) mass is 280 g/mol. The number of rotatable bonds is 3. The van der Waals surface area contributed by atoms with Gasteiger partial charge < -0.3 is 5.32 Å². The first-order valence-electron chi connectivity index (χ1n) is 8.32. The molecule has 2 atom stereocenters. The van der Waals surface area contributed by atoms with E-state index in [1.54, 1.807) is 0 Å². The highest BCUT2D eigenvalue weighted by Crippen LogP contribution is 2.35. The maximum Gasteiger partial charge on any atom is 0.157 e. The predicted octanol–water partition coefficient (Wildman–Crippen LogP) is 4.21. The lowest BCUT2D eigenvalue weighted by Gasteiger charge is -2.31. The summed E-state index contributed by atoms with van der Waals surface area (Å²) in [5.74, 6) is 3.20. The second-order valence-electron chi connectivity index (χ2n) is 6.65. The first kappa shape index (κ1) is 13.8. The standard InChI is InChI=1S/C16H28N2S/c1-2-4-12-7-9-14(10-8-12)17-16-18-15-6-3-5-13(15)11-19-16/h12-15H,2-11H2,1H3,(H,17,18). The van der Waals surface area contributed by atoms with E-state index in [2.05, 4.69) is 12.2 Å². The molecular formula is C16H28N2S. The summed E-state index contributed by atoms with van der Waals surface area (Å²) in [5.41, 5.74) is 0. The van der Waals surface area contributed by atoms with Gasteiger partial charge in [0.25, 0.3) is 0 Å². The van der Waals surface area contributed by atoms with Gasteiger partial charge in [-0.25, -0.2) is 0 Å². The summed E-state index contributed by atoms with van der Waals surface area (Å²) < 4.78 is 0. The summed E-state index contributed by atoms with van der Waals surface area (Å²) in [6.07, 6.45) is 12.5. The molecule has 0 spiro atoms. The van der Waals surface area contributed by atoms with Crippen molar-refractivity contribution in [3.05, 3.63) is 0 Å². The number of aliphatic imine (C=N–C) groups is 1. The molecule has 2 fully saturated rings. The van der Waals surface area contributed by atoms with Gasteiger partial charge in [0.2, 0.25) is 0 Å². The van der Waals surface area contributed by atoms with Crippen LogP contribution < -0.4 is 5.32 Å². The van der Waals surface area contributed by atoms with Crippen molar-refractivity contribution in [3.63, 3.8) is 0 Å². The molecule has 1 heterocycles. The van der Waals surface area contributed by atoms with Gasteiger partial charge in [0.15, 0.2) is 5.17 Å². The van der Waals surface area contributed by atoms with Crippen LogP contribution in [-0.2, 0) is 0 Å². The van der Waals surface area contributed by atoms with E-state index in [-0.39, 0.29) is 0 Å². The number of thioether (sulfide) groups is 1. The maximum atomic E-state index is 4.96. The fourth-order valence-electron chi connectivity index (χ4n) is 4.01. The average molecular weight is 280 g/mol. The van der Waals surface area contributed by atoms with Crippen molar-refractivity contribution in [2.24, 2.45) is 16.8 Å². The van der Waals surface area contributed by atoms with Crippen molar-refractivity contribution in [3.8, 4) is 0 Å². The molecule has 2 nitrogen and oxygen atoms in total. The lowest BCUT2D eigenvalue weighted by Crippen LogP contribution is -2.39. The van der Waals surface area contributed by atoms with Crippen LogP contribution in [0.15, 0.2) is 4.99 Å². The van der Waals surface area contributed by atoms with Crippen molar-refractivity contribution < 1.29 is 0 Å². The van der Waals surface area contributed by atoms with E-state index in [4.69, 9.17) is 4.99 Å². The van der Waals surface area contributed by atoms with E-state index in [0.29, 0.717) is 12.1 Å². The van der Waals surface area contributed by atoms with Gasteiger partial charge in [0.05, 0.1) is 6.04 Å². The van der Waals surface area contributed by atoms with Gasteiger partial charge in [-0.3, -0.25) is 4.99 Å². The van der Waals surface area contributed by atoms with Crippen LogP contribution in [0.1, 0.15) is 64.7 Å². The van der Waals surface area contributed by atoms with E-state index in [0.717, 1.165) is 11.8 Å². The van der Waals surface area contributed by atoms with Crippen LogP contribution in [0.4, 0.5) is 0 Å². The zero-order valence-electron chi connectivity index (χ0n) is 12.2. The fourth-order valence-corrected chi connectivity index (χ4v) is 5.23. The Balaban J connectivity index is 1.47. The van der Waals surface area contributed by atoms with Crippen LogP contribution in [0.3, 0.4) is 0 Å². The van der Waals surface area contributed by atoms with Crippen molar-refractivity contribution in [1.82, 2.24) is 5.32 Å². The van der Waals surface area contributed by atoms with Crippen molar-refractivity contribution in [2.45, 2.75) is 76.8 Å². The van der Waals surface area contributed by atoms with Crippen molar-refractivity contribution in [1.29, 1.82) is 0 Å². The van der Waals surface area contributed by atoms with Gasteiger partial charge >= 0.3 is 0 Å². The molecule has 0 amide bonds. The topological polar surface area (TPSA) is 24.4 Å². The van der Waals surface area contributed by atoms with Gasteiger partial charge in [-0.1, -0.05) is 37.9 Å². The fraction of sp³-hybridized carbons (Fsp3) is 0.938. The highest BCUT2D eigenvalue weighted by Gasteiger charge is 2.31. The van der Waals surface area contributed by atoms with Crippen LogP contribution in [0.5, 0.6) is 0 Å². The minimum atomic E-state index is 0.653. The molecule has 0 saturated heterocycles. The Kier molecular flexibility index (Phi) is 4.73. The Morgan fingerprint density at radius 1 is 1.16 bits per heavy atom. The molecule has 3 aliphatic rings. The molecule has 19 heavy (non-hydrogen) atoms. The smallest absolute Gasteiger partial charge is 0.157 e. The van der Waals surface area contributed by atoms with E-state index < -0.39 is 0 Å². The van der Waals surface area contributed by atoms with Crippen LogP contribution in [0.2, 0.25) is 0 Å². The van der Waals surface area contributed by atoms with Crippen LogP contribution in [-0.4, -0.2) is 23.0 Å². The van der Waals surface area contributed by atoms with Gasteiger partial charge in [0, 0.05) is 11.8 Å². The molecule has 0 aromatic heterocycles. The predicted molar refractivity (Wildman–Crippen MR) is 84.8 cm³/mol. The molecule has 1 N–H and O–H groups in total. The Morgan fingerprint density at radius 3 is 2.79 bits per heavy atom. The van der Waals surface area contributed by atoms with Gasteiger partial charge in [0.1, 0.15) is 0 Å². The summed E-state index contributed by atoms with van der Waals surface area (Å²) in [7, 11) is 0. The minimum absolute atomic E-state index is 0.653. The molecule has 0 aromatic rings. The molecule has 0 aromatic carbocycles. The summed E-state index contributed by atoms with van der Waals surface area (Å²) in [6, 6.07) is 1.36. The third-order valence-corrected chi connectivity index (χ3v) is 6.30. The molecule has 0 bridgehead atoms. The largest absolute Gasteiger partial charge is 0.362 e. The van der Waals surface area contributed by atoms with Crippen molar-refractivity contribution >= 4 is 16.9 Å². The normalized spacial score (nSPS) is 38.7. The Hall–Kier alpha value is -0.180. The van der Waals surface area contributed by atoms with Crippen molar-refractivity contribution in [2.75, 3.05) is 5.75 Å². The van der Waals surface area contributed by atoms with E-state index >= 15 is 0 Å². The molecular weight excluding hydrogens is 252 g/mol. The van der Waals surface area contributed by atoms with Gasteiger partial charge in [-0.15, -0.1) is 0 Å². The van der Waals surface area contributed by atoms with E-state index in [1.165, 1.54) is 68.7 Å². The maximum absolute atomic E-state index is 4.96. The summed E-state index contributed by atoms with van der Waals surface area (Å²) in [6.45, 7) is 2.32. The Morgan fingerprint density at radius 2 is 2.00 bits per heavy atom. The number of hydrogen-bond acceptors (Lipinski definition) is 3. The Bertz CT molecular complexity index is 321. The lowest BCUT2D eigenvalue weighted by molar-refractivity contribution is 0.296. The van der Waals surface area contributed by atoms with Gasteiger partial charge in [-0.2, -0.15) is 0 Å². The third kappa shape index (κ3) is 3.48. The number of amidine groups is 1. The number of nitrogens with zero attached hydrogens (tertiary/aromatic N) is 1. The third-order valence-electron chi connectivity index (χ3n) is 5.21.